The largest absolute Gasteiger partial charge is 0.453 e. The summed E-state index contributed by atoms with van der Waals surface area (Å²) >= 11 is 0. The summed E-state index contributed by atoms with van der Waals surface area (Å²) < 4.78 is 82.6. The van der Waals surface area contributed by atoms with Crippen LogP contribution in [0.5, 0.6) is 0 Å². The molecule has 2 amide bonds. The zero-order valence-corrected chi connectivity index (χ0v) is 18.3. The number of urea groups is 1. The molecule has 0 aromatic carbocycles. The van der Waals surface area contributed by atoms with Crippen molar-refractivity contribution < 1.29 is 35.7 Å². The fraction of sp³-hybridized carbons (Fsp3) is 0.700. The van der Waals surface area contributed by atoms with Gasteiger partial charge in [-0.2, -0.15) is 26.3 Å². The highest BCUT2D eigenvalue weighted by atomic mass is 19.4. The highest BCUT2D eigenvalue weighted by molar-refractivity contribution is 5.77. The standard InChI is InChI=1S/C20H21F6N7O2/c21-19(22,23)14-12(4-35-29-14)3-30-5-18(6-30)9-32(10-18)16(34)31-7-17(8-31)1-13(2-17)33-11-27-15(28-33)20(24,25)26/h4,11,13H,1-3,5-10H2. The molecule has 3 saturated heterocycles. The van der Waals surface area contributed by atoms with Gasteiger partial charge in [0.1, 0.15) is 12.6 Å². The number of amides is 2. The second kappa shape index (κ2) is 7.11. The van der Waals surface area contributed by atoms with E-state index in [0.29, 0.717) is 52.1 Å². The number of aromatic nitrogens is 4. The lowest BCUT2D eigenvalue weighted by molar-refractivity contribution is -0.145. The van der Waals surface area contributed by atoms with Crippen molar-refractivity contribution in [1.29, 1.82) is 0 Å². The van der Waals surface area contributed by atoms with E-state index in [4.69, 9.17) is 0 Å². The Balaban J connectivity index is 0.939. The number of hydrogen-bond donors (Lipinski definition) is 0. The molecule has 2 aromatic rings. The molecule has 15 heteroatoms. The number of nitrogens with zero attached hydrogens (tertiary/aromatic N) is 7. The smallest absolute Gasteiger partial charge is 0.364 e. The molecule has 4 aliphatic rings. The highest BCUT2D eigenvalue weighted by Crippen LogP contribution is 2.54. The van der Waals surface area contributed by atoms with Gasteiger partial charge in [0.2, 0.25) is 0 Å². The van der Waals surface area contributed by atoms with Crippen LogP contribution in [-0.2, 0) is 18.9 Å². The van der Waals surface area contributed by atoms with Gasteiger partial charge in [-0.3, -0.25) is 4.90 Å². The Hall–Kier alpha value is -2.84. The lowest BCUT2D eigenvalue weighted by Gasteiger charge is -2.63. The Morgan fingerprint density at radius 1 is 0.971 bits per heavy atom. The first kappa shape index (κ1) is 22.6. The first-order valence-corrected chi connectivity index (χ1v) is 11.1. The third kappa shape index (κ3) is 3.74. The summed E-state index contributed by atoms with van der Waals surface area (Å²) in [6.45, 7) is 3.54. The number of likely N-dealkylation sites (tertiary alicyclic amines) is 3. The molecule has 1 aliphatic carbocycles. The summed E-state index contributed by atoms with van der Waals surface area (Å²) in [5.74, 6) is -1.15. The average Bonchev–Trinajstić information content (AvgIpc) is 3.28. The normalized spacial score (nSPS) is 23.7. The fourth-order valence-corrected chi connectivity index (χ4v) is 6.02. The third-order valence-electron chi connectivity index (χ3n) is 7.54. The number of rotatable bonds is 3. The Labute approximate surface area is 194 Å². The van der Waals surface area contributed by atoms with Gasteiger partial charge in [0.25, 0.3) is 5.82 Å². The van der Waals surface area contributed by atoms with Crippen LogP contribution in [0.3, 0.4) is 0 Å². The zero-order valence-electron chi connectivity index (χ0n) is 18.3. The first-order chi connectivity index (χ1) is 16.3. The van der Waals surface area contributed by atoms with E-state index in [9.17, 15) is 31.1 Å². The van der Waals surface area contributed by atoms with Gasteiger partial charge >= 0.3 is 18.4 Å². The number of halogens is 6. The van der Waals surface area contributed by atoms with Crippen LogP contribution >= 0.6 is 0 Å². The Morgan fingerprint density at radius 3 is 2.17 bits per heavy atom. The van der Waals surface area contributed by atoms with Crippen molar-refractivity contribution in [3.05, 3.63) is 29.7 Å². The van der Waals surface area contributed by atoms with Gasteiger partial charge in [-0.15, -0.1) is 5.10 Å². The molecule has 190 valence electrons. The van der Waals surface area contributed by atoms with Gasteiger partial charge in [0, 0.05) is 62.2 Å². The van der Waals surface area contributed by atoms with E-state index in [0.717, 1.165) is 12.6 Å². The molecule has 9 nitrogen and oxygen atoms in total. The van der Waals surface area contributed by atoms with Crippen LogP contribution in [0.2, 0.25) is 0 Å². The fourth-order valence-electron chi connectivity index (χ4n) is 6.02. The van der Waals surface area contributed by atoms with Crippen LogP contribution in [0, 0.1) is 10.8 Å². The van der Waals surface area contributed by atoms with E-state index in [2.05, 4.69) is 19.8 Å². The molecule has 5 heterocycles. The van der Waals surface area contributed by atoms with Crippen LogP contribution in [0.15, 0.2) is 17.1 Å². The Bertz CT molecular complexity index is 1130. The van der Waals surface area contributed by atoms with E-state index in [-0.39, 0.29) is 35.0 Å². The molecule has 1 saturated carbocycles. The number of hydrogen-bond acceptors (Lipinski definition) is 6. The van der Waals surface area contributed by atoms with Gasteiger partial charge in [-0.05, 0) is 12.8 Å². The minimum atomic E-state index is -4.57. The topological polar surface area (TPSA) is 83.5 Å². The molecule has 0 N–H and O–H groups in total. The molecule has 2 aromatic heterocycles. The molecular weight excluding hydrogens is 484 g/mol. The predicted molar refractivity (Wildman–Crippen MR) is 103 cm³/mol. The summed E-state index contributed by atoms with van der Waals surface area (Å²) in [4.78, 5) is 21.5. The number of carbonyl (C=O) groups excluding carboxylic acids is 1. The van der Waals surface area contributed by atoms with Gasteiger partial charge in [-0.25, -0.2) is 14.5 Å². The highest BCUT2D eigenvalue weighted by Gasteiger charge is 2.58. The van der Waals surface area contributed by atoms with Crippen molar-refractivity contribution in [2.45, 2.75) is 37.8 Å². The van der Waals surface area contributed by atoms with Crippen molar-refractivity contribution in [1.82, 2.24) is 34.6 Å². The second-order valence-electron chi connectivity index (χ2n) is 10.4. The van der Waals surface area contributed by atoms with Gasteiger partial charge in [-0.1, -0.05) is 5.16 Å². The summed E-state index contributed by atoms with van der Waals surface area (Å²) in [6, 6.07) is -0.214. The lowest BCUT2D eigenvalue weighted by Crippen LogP contribution is -2.75. The van der Waals surface area contributed by atoms with Crippen LogP contribution in [0.1, 0.15) is 36.0 Å². The molecule has 0 unspecified atom stereocenters. The number of carbonyl (C=O) groups is 1. The van der Waals surface area contributed by atoms with Crippen LogP contribution < -0.4 is 0 Å². The third-order valence-corrected chi connectivity index (χ3v) is 7.54. The monoisotopic (exact) mass is 505 g/mol. The molecular formula is C20H21F6N7O2. The summed E-state index contributed by atoms with van der Waals surface area (Å²) in [6.07, 6.45) is -5.69. The molecule has 35 heavy (non-hydrogen) atoms. The van der Waals surface area contributed by atoms with E-state index in [1.54, 1.807) is 9.80 Å². The average molecular weight is 505 g/mol. The maximum absolute atomic E-state index is 12.9. The van der Waals surface area contributed by atoms with E-state index in [1.807, 2.05) is 4.90 Å². The summed E-state index contributed by atoms with van der Waals surface area (Å²) in [7, 11) is 0. The van der Waals surface area contributed by atoms with Crippen molar-refractivity contribution in [2.75, 3.05) is 39.3 Å². The molecule has 6 rings (SSSR count). The van der Waals surface area contributed by atoms with Crippen LogP contribution in [0.4, 0.5) is 31.1 Å². The predicted octanol–water partition coefficient (Wildman–Crippen LogP) is 2.88. The quantitative estimate of drug-likeness (QED) is 0.597. The lowest BCUT2D eigenvalue weighted by atomic mass is 9.60. The van der Waals surface area contributed by atoms with Crippen LogP contribution in [-0.4, -0.2) is 79.9 Å². The summed E-state index contributed by atoms with van der Waals surface area (Å²) in [5.41, 5.74) is -1.16. The van der Waals surface area contributed by atoms with Gasteiger partial charge < -0.3 is 14.3 Å². The second-order valence-corrected chi connectivity index (χ2v) is 10.4. The molecule has 3 aliphatic heterocycles. The molecule has 4 fully saturated rings. The number of alkyl halides is 6. The minimum absolute atomic E-state index is 0.00445. The minimum Gasteiger partial charge on any atom is -0.364 e. The Morgan fingerprint density at radius 2 is 1.60 bits per heavy atom. The maximum Gasteiger partial charge on any atom is 0.453 e. The molecule has 0 atom stereocenters. The van der Waals surface area contributed by atoms with E-state index >= 15 is 0 Å². The van der Waals surface area contributed by atoms with Crippen LogP contribution in [0.25, 0.3) is 0 Å². The van der Waals surface area contributed by atoms with E-state index in [1.165, 1.54) is 4.68 Å². The maximum atomic E-state index is 12.9. The first-order valence-electron chi connectivity index (χ1n) is 11.1. The summed E-state index contributed by atoms with van der Waals surface area (Å²) in [5, 5.41) is 6.59. The SMILES string of the molecule is O=C(N1CC2(CC(n3cnc(C(F)(F)F)n3)C2)C1)N1CC2(CN(Cc3conc3C(F)(F)F)C2)C1. The van der Waals surface area contributed by atoms with E-state index < -0.39 is 23.9 Å². The van der Waals surface area contributed by atoms with Crippen molar-refractivity contribution in [3.63, 3.8) is 0 Å². The molecule has 2 spiro atoms. The van der Waals surface area contributed by atoms with Gasteiger partial charge in [0.15, 0.2) is 5.69 Å². The van der Waals surface area contributed by atoms with Crippen molar-refractivity contribution >= 4 is 6.03 Å². The zero-order chi connectivity index (χ0) is 24.8. The Kier molecular flexibility index (Phi) is 4.59. The van der Waals surface area contributed by atoms with Crippen molar-refractivity contribution in [3.8, 4) is 0 Å². The van der Waals surface area contributed by atoms with Gasteiger partial charge in [0.05, 0.1) is 6.04 Å². The molecule has 0 radical (unpaired) electrons. The molecule has 0 bridgehead atoms. The van der Waals surface area contributed by atoms with Crippen molar-refractivity contribution in [2.24, 2.45) is 10.8 Å².